The smallest absolute Gasteiger partial charge is 0.256 e. The minimum absolute atomic E-state index is 0.0412. The molecule has 0 bridgehead atoms. The van der Waals surface area contributed by atoms with E-state index in [9.17, 15) is 4.79 Å². The summed E-state index contributed by atoms with van der Waals surface area (Å²) in [6.45, 7) is 9.77. The first kappa shape index (κ1) is 15.5. The molecule has 3 N–H and O–H groups in total. The molecule has 1 amide bonds. The fourth-order valence-electron chi connectivity index (χ4n) is 1.99. The number of anilines is 1. The highest BCUT2D eigenvalue weighted by molar-refractivity contribution is 5.99. The van der Waals surface area contributed by atoms with Gasteiger partial charge in [0.15, 0.2) is 0 Å². The largest absolute Gasteiger partial charge is 0.339 e. The van der Waals surface area contributed by atoms with Crippen molar-refractivity contribution >= 4 is 11.6 Å². The summed E-state index contributed by atoms with van der Waals surface area (Å²) in [6.07, 6.45) is 1.07. The third kappa shape index (κ3) is 3.96. The van der Waals surface area contributed by atoms with Gasteiger partial charge in [0.1, 0.15) is 0 Å². The van der Waals surface area contributed by atoms with E-state index in [-0.39, 0.29) is 5.91 Å². The van der Waals surface area contributed by atoms with E-state index in [0.717, 1.165) is 18.5 Å². The van der Waals surface area contributed by atoms with Gasteiger partial charge in [-0.3, -0.25) is 10.6 Å². The van der Waals surface area contributed by atoms with E-state index in [2.05, 4.69) is 19.3 Å². The summed E-state index contributed by atoms with van der Waals surface area (Å²) in [5, 5.41) is 0. The average molecular weight is 263 g/mol. The second kappa shape index (κ2) is 7.14. The summed E-state index contributed by atoms with van der Waals surface area (Å²) in [4.78, 5) is 14.5. The lowest BCUT2D eigenvalue weighted by atomic mass is 10.1. The van der Waals surface area contributed by atoms with Crippen molar-refractivity contribution < 1.29 is 4.79 Å². The van der Waals surface area contributed by atoms with E-state index in [1.54, 1.807) is 0 Å². The average Bonchev–Trinajstić information content (AvgIpc) is 2.43. The van der Waals surface area contributed by atoms with Crippen LogP contribution in [0.1, 0.15) is 43.1 Å². The number of rotatable bonds is 6. The first-order chi connectivity index (χ1) is 9.03. The zero-order valence-electron chi connectivity index (χ0n) is 12.4. The number of hydrogen-bond acceptors (Lipinski definition) is 3. The quantitative estimate of drug-likeness (QED) is 0.613. The molecule has 0 saturated carbocycles. The number of amides is 1. The van der Waals surface area contributed by atoms with Crippen molar-refractivity contribution in [3.63, 3.8) is 0 Å². The van der Waals surface area contributed by atoms with Crippen LogP contribution in [0.15, 0.2) is 18.2 Å². The molecule has 1 rings (SSSR count). The highest BCUT2D eigenvalue weighted by atomic mass is 16.2. The van der Waals surface area contributed by atoms with Crippen molar-refractivity contribution in [1.29, 1.82) is 0 Å². The van der Waals surface area contributed by atoms with E-state index < -0.39 is 0 Å². The maximum absolute atomic E-state index is 12.6. The number of benzene rings is 1. The second-order valence-corrected chi connectivity index (χ2v) is 5.05. The summed E-state index contributed by atoms with van der Waals surface area (Å²) < 4.78 is 0. The van der Waals surface area contributed by atoms with E-state index in [4.69, 9.17) is 5.84 Å². The Morgan fingerprint density at radius 1 is 1.42 bits per heavy atom. The molecule has 1 aromatic carbocycles. The molecular weight excluding hydrogens is 238 g/mol. The lowest BCUT2D eigenvalue weighted by molar-refractivity contribution is 0.0741. The van der Waals surface area contributed by atoms with E-state index >= 15 is 0 Å². The van der Waals surface area contributed by atoms with Gasteiger partial charge in [-0.1, -0.05) is 31.9 Å². The number of nitrogens with one attached hydrogen (secondary N) is 1. The molecule has 0 heterocycles. The Kier molecular flexibility index (Phi) is 5.83. The van der Waals surface area contributed by atoms with Gasteiger partial charge in [-0.05, 0) is 31.9 Å². The van der Waals surface area contributed by atoms with Gasteiger partial charge in [-0.25, -0.2) is 0 Å². The molecule has 1 atom stereocenters. The zero-order valence-corrected chi connectivity index (χ0v) is 12.4. The number of aryl methyl sites for hydroxylation is 1. The fourth-order valence-corrected chi connectivity index (χ4v) is 1.99. The Morgan fingerprint density at radius 3 is 2.63 bits per heavy atom. The number of carbonyl (C=O) groups excluding carboxylic acids is 1. The topological polar surface area (TPSA) is 58.4 Å². The summed E-state index contributed by atoms with van der Waals surface area (Å²) in [5.41, 5.74) is 4.98. The molecule has 0 aliphatic carbocycles. The van der Waals surface area contributed by atoms with Crippen molar-refractivity contribution in [1.82, 2.24) is 4.90 Å². The van der Waals surface area contributed by atoms with Crippen LogP contribution >= 0.6 is 0 Å². The third-order valence-corrected chi connectivity index (χ3v) is 3.46. The Morgan fingerprint density at radius 2 is 2.11 bits per heavy atom. The van der Waals surface area contributed by atoms with Gasteiger partial charge in [0.05, 0.1) is 11.3 Å². The minimum Gasteiger partial charge on any atom is -0.339 e. The number of nitrogens with zero attached hydrogens (tertiary/aromatic N) is 1. The second-order valence-electron chi connectivity index (χ2n) is 5.05. The normalized spacial score (nSPS) is 12.1. The first-order valence-corrected chi connectivity index (χ1v) is 6.89. The Balaban J connectivity index is 2.99. The van der Waals surface area contributed by atoms with Crippen molar-refractivity contribution in [2.75, 3.05) is 18.5 Å². The molecule has 0 aliphatic heterocycles. The third-order valence-electron chi connectivity index (χ3n) is 3.46. The van der Waals surface area contributed by atoms with E-state index in [0.29, 0.717) is 23.7 Å². The van der Waals surface area contributed by atoms with Gasteiger partial charge < -0.3 is 10.3 Å². The molecule has 0 aromatic heterocycles. The Labute approximate surface area is 115 Å². The molecular formula is C15H25N3O. The predicted octanol–water partition coefficient (Wildman–Crippen LogP) is 2.79. The van der Waals surface area contributed by atoms with Crippen LogP contribution in [0.5, 0.6) is 0 Å². The van der Waals surface area contributed by atoms with Crippen LogP contribution in [0.25, 0.3) is 0 Å². The van der Waals surface area contributed by atoms with Crippen LogP contribution in [-0.2, 0) is 0 Å². The lowest BCUT2D eigenvalue weighted by Crippen LogP contribution is -2.35. The summed E-state index contributed by atoms with van der Waals surface area (Å²) >= 11 is 0. The molecule has 0 aliphatic rings. The van der Waals surface area contributed by atoms with Crippen LogP contribution in [0.3, 0.4) is 0 Å². The van der Waals surface area contributed by atoms with Gasteiger partial charge in [-0.2, -0.15) is 0 Å². The first-order valence-electron chi connectivity index (χ1n) is 6.89. The molecule has 0 spiro atoms. The van der Waals surface area contributed by atoms with Crippen LogP contribution in [0.4, 0.5) is 5.69 Å². The number of hydrogen-bond donors (Lipinski definition) is 2. The van der Waals surface area contributed by atoms with Crippen LogP contribution in [0, 0.1) is 12.8 Å². The maximum Gasteiger partial charge on any atom is 0.256 e. The Hall–Kier alpha value is -1.55. The molecule has 1 unspecified atom stereocenters. The SMILES string of the molecule is CCC(C)CN(CC)C(=O)c1cc(C)ccc1NN. The van der Waals surface area contributed by atoms with Gasteiger partial charge in [-0.15, -0.1) is 0 Å². The van der Waals surface area contributed by atoms with Crippen molar-refractivity contribution in [3.05, 3.63) is 29.3 Å². The van der Waals surface area contributed by atoms with Crippen molar-refractivity contribution in [2.45, 2.75) is 34.1 Å². The molecule has 1 aromatic rings. The summed E-state index contributed by atoms with van der Waals surface area (Å²) in [6, 6.07) is 5.67. The minimum atomic E-state index is 0.0412. The molecule has 4 nitrogen and oxygen atoms in total. The van der Waals surface area contributed by atoms with Crippen LogP contribution < -0.4 is 11.3 Å². The predicted molar refractivity (Wildman–Crippen MR) is 80.0 cm³/mol. The van der Waals surface area contributed by atoms with Crippen LogP contribution in [0.2, 0.25) is 0 Å². The standard InChI is InChI=1S/C15H25N3O/c1-5-11(3)10-18(6-2)15(19)13-9-12(4)7-8-14(13)17-16/h7-9,11,17H,5-6,10,16H2,1-4H3. The van der Waals surface area contributed by atoms with E-state index in [1.807, 2.05) is 36.9 Å². The van der Waals surface area contributed by atoms with Gasteiger partial charge >= 0.3 is 0 Å². The van der Waals surface area contributed by atoms with Gasteiger partial charge in [0, 0.05) is 13.1 Å². The molecule has 0 fully saturated rings. The van der Waals surface area contributed by atoms with Gasteiger partial charge in [0.25, 0.3) is 5.91 Å². The van der Waals surface area contributed by atoms with Crippen molar-refractivity contribution in [3.8, 4) is 0 Å². The van der Waals surface area contributed by atoms with Crippen molar-refractivity contribution in [2.24, 2.45) is 11.8 Å². The van der Waals surface area contributed by atoms with E-state index in [1.165, 1.54) is 0 Å². The van der Waals surface area contributed by atoms with Gasteiger partial charge in [0.2, 0.25) is 0 Å². The maximum atomic E-state index is 12.6. The molecule has 0 saturated heterocycles. The summed E-state index contributed by atoms with van der Waals surface area (Å²) in [7, 11) is 0. The highest BCUT2D eigenvalue weighted by Gasteiger charge is 2.19. The molecule has 106 valence electrons. The molecule has 0 radical (unpaired) electrons. The van der Waals surface area contributed by atoms with Crippen LogP contribution in [-0.4, -0.2) is 23.9 Å². The number of hydrazine groups is 1. The highest BCUT2D eigenvalue weighted by Crippen LogP contribution is 2.19. The summed E-state index contributed by atoms with van der Waals surface area (Å²) in [5.74, 6) is 6.03. The number of nitrogen functional groups attached to an aromatic ring is 1. The fraction of sp³-hybridized carbons (Fsp3) is 0.533. The zero-order chi connectivity index (χ0) is 14.4. The lowest BCUT2D eigenvalue weighted by Gasteiger charge is -2.25. The monoisotopic (exact) mass is 263 g/mol. The number of carbonyl (C=O) groups is 1. The molecule has 19 heavy (non-hydrogen) atoms. The molecule has 4 heteroatoms. The Bertz CT molecular complexity index is 431. The number of nitrogens with two attached hydrogens (primary N) is 1.